The van der Waals surface area contributed by atoms with Gasteiger partial charge in [-0.15, -0.1) is 23.7 Å². The molecule has 0 unspecified atom stereocenters. The van der Waals surface area contributed by atoms with Crippen LogP contribution in [0.5, 0.6) is 0 Å². The molecule has 0 aliphatic heterocycles. The lowest BCUT2D eigenvalue weighted by Crippen LogP contribution is -2.08. The number of carboxylic acids is 1. The van der Waals surface area contributed by atoms with Gasteiger partial charge in [0.05, 0.1) is 11.3 Å². The molecule has 1 aromatic rings. The fraction of sp³-hybridized carbons (Fsp3) is 0.167. The molecule has 0 aliphatic rings. The van der Waals surface area contributed by atoms with E-state index in [1.807, 2.05) is 0 Å². The van der Waals surface area contributed by atoms with E-state index in [-0.39, 0.29) is 12.4 Å². The summed E-state index contributed by atoms with van der Waals surface area (Å²) in [4.78, 5) is 9.85. The third-order valence-corrected chi connectivity index (χ3v) is 2.31. The number of nitrogen functional groups attached to an aromatic ring is 1. The van der Waals surface area contributed by atoms with Crippen LogP contribution in [0.4, 0.5) is 18.9 Å². The predicted molar refractivity (Wildman–Crippen MR) is 47.9 cm³/mol. The molecule has 3 nitrogen and oxygen atoms in total. The lowest BCUT2D eigenvalue weighted by atomic mass is 10.2. The molecule has 0 saturated carbocycles. The second kappa shape index (κ2) is 4.05. The van der Waals surface area contributed by atoms with Crippen molar-refractivity contribution in [3.63, 3.8) is 0 Å². The van der Waals surface area contributed by atoms with Crippen molar-refractivity contribution in [2.75, 3.05) is 5.73 Å². The Morgan fingerprint density at radius 1 is 1.50 bits per heavy atom. The van der Waals surface area contributed by atoms with Gasteiger partial charge in [0.15, 0.2) is 0 Å². The minimum atomic E-state index is -4.59. The highest BCUT2D eigenvalue weighted by molar-refractivity contribution is 7.12. The van der Waals surface area contributed by atoms with Crippen LogP contribution in [0.3, 0.4) is 0 Å². The molecule has 1 aromatic heterocycles. The standard InChI is InChI=1S/C6H4F3NO2S.ClH/c7-6(8,9)2-1-13-4(3(2)10)5(11)12;/h1H,10H2,(H,11,12);1H. The van der Waals surface area contributed by atoms with E-state index in [0.29, 0.717) is 16.7 Å². The van der Waals surface area contributed by atoms with Crippen molar-refractivity contribution in [1.29, 1.82) is 0 Å². The fourth-order valence-electron chi connectivity index (χ4n) is 0.752. The van der Waals surface area contributed by atoms with E-state index in [4.69, 9.17) is 10.8 Å². The van der Waals surface area contributed by atoms with E-state index in [1.54, 1.807) is 0 Å². The summed E-state index contributed by atoms with van der Waals surface area (Å²) in [5.74, 6) is -1.45. The molecule has 3 N–H and O–H groups in total. The molecule has 0 radical (unpaired) electrons. The van der Waals surface area contributed by atoms with Crippen LogP contribution in [0.1, 0.15) is 15.2 Å². The van der Waals surface area contributed by atoms with Crippen LogP contribution in [-0.2, 0) is 6.18 Å². The van der Waals surface area contributed by atoms with Crippen molar-refractivity contribution >= 4 is 35.4 Å². The predicted octanol–water partition coefficient (Wildman–Crippen LogP) is 2.47. The molecule has 0 fully saturated rings. The molecule has 14 heavy (non-hydrogen) atoms. The highest BCUT2D eigenvalue weighted by atomic mass is 35.5. The Bertz CT molecular complexity index is 349. The number of carboxylic acid groups (broad SMARTS) is 1. The molecule has 0 amide bonds. The van der Waals surface area contributed by atoms with E-state index in [0.717, 1.165) is 0 Å². The number of carbonyl (C=O) groups is 1. The summed E-state index contributed by atoms with van der Waals surface area (Å²) >= 11 is 0.467. The summed E-state index contributed by atoms with van der Waals surface area (Å²) in [6, 6.07) is 0. The summed E-state index contributed by atoms with van der Waals surface area (Å²) in [7, 11) is 0. The maximum Gasteiger partial charge on any atom is 0.419 e. The molecule has 8 heteroatoms. The zero-order valence-electron chi connectivity index (χ0n) is 6.46. The smallest absolute Gasteiger partial charge is 0.419 e. The Balaban J connectivity index is 0.00000169. The maximum atomic E-state index is 12.1. The SMILES string of the molecule is Cl.Nc1c(C(F)(F)F)csc1C(=O)O. The van der Waals surface area contributed by atoms with Gasteiger partial charge in [-0.3, -0.25) is 0 Å². The summed E-state index contributed by atoms with van der Waals surface area (Å²) in [5.41, 5.74) is 3.19. The number of thiophene rings is 1. The van der Waals surface area contributed by atoms with Gasteiger partial charge in [-0.25, -0.2) is 4.79 Å². The van der Waals surface area contributed by atoms with Crippen LogP contribution in [0, 0.1) is 0 Å². The summed E-state index contributed by atoms with van der Waals surface area (Å²) in [6.45, 7) is 0. The summed E-state index contributed by atoms with van der Waals surface area (Å²) < 4.78 is 36.2. The van der Waals surface area contributed by atoms with Crippen LogP contribution in [0.25, 0.3) is 0 Å². The van der Waals surface area contributed by atoms with Gasteiger partial charge >= 0.3 is 12.1 Å². The first-order valence-corrected chi connectivity index (χ1v) is 3.89. The van der Waals surface area contributed by atoms with Crippen LogP contribution in [0.15, 0.2) is 5.38 Å². The molecule has 0 bridgehead atoms. The highest BCUT2D eigenvalue weighted by Crippen LogP contribution is 2.38. The van der Waals surface area contributed by atoms with E-state index < -0.39 is 28.3 Å². The van der Waals surface area contributed by atoms with Crippen LogP contribution in [-0.4, -0.2) is 11.1 Å². The Morgan fingerprint density at radius 3 is 2.21 bits per heavy atom. The number of halogens is 4. The number of rotatable bonds is 1. The Kier molecular flexibility index (Phi) is 3.78. The van der Waals surface area contributed by atoms with Crippen molar-refractivity contribution in [1.82, 2.24) is 0 Å². The molecular weight excluding hydrogens is 243 g/mol. The van der Waals surface area contributed by atoms with Gasteiger partial charge in [-0.2, -0.15) is 13.2 Å². The normalized spacial score (nSPS) is 10.8. The molecule has 0 saturated heterocycles. The average molecular weight is 248 g/mol. The largest absolute Gasteiger partial charge is 0.477 e. The molecule has 0 aromatic carbocycles. The Morgan fingerprint density at radius 2 is 2.00 bits per heavy atom. The quantitative estimate of drug-likeness (QED) is 0.801. The molecule has 80 valence electrons. The van der Waals surface area contributed by atoms with Gasteiger partial charge in [0.25, 0.3) is 0 Å². The number of anilines is 1. The van der Waals surface area contributed by atoms with Crippen LogP contribution >= 0.6 is 23.7 Å². The molecule has 1 rings (SSSR count). The zero-order chi connectivity index (χ0) is 10.2. The van der Waals surface area contributed by atoms with Gasteiger partial charge in [0.2, 0.25) is 0 Å². The topological polar surface area (TPSA) is 63.3 Å². The fourth-order valence-corrected chi connectivity index (χ4v) is 1.59. The number of nitrogens with two attached hydrogens (primary N) is 1. The van der Waals surface area contributed by atoms with Crippen molar-refractivity contribution in [3.8, 4) is 0 Å². The van der Waals surface area contributed by atoms with Crippen molar-refractivity contribution < 1.29 is 23.1 Å². The first-order valence-electron chi connectivity index (χ1n) is 3.01. The Hall–Kier alpha value is -0.950. The van der Waals surface area contributed by atoms with Gasteiger partial charge in [-0.1, -0.05) is 0 Å². The van der Waals surface area contributed by atoms with Gasteiger partial charge in [0, 0.05) is 5.38 Å². The number of aromatic carboxylic acids is 1. The van der Waals surface area contributed by atoms with Crippen molar-refractivity contribution in [2.45, 2.75) is 6.18 Å². The summed E-state index contributed by atoms with van der Waals surface area (Å²) in [6.07, 6.45) is -4.59. The monoisotopic (exact) mass is 247 g/mol. The maximum absolute atomic E-state index is 12.1. The minimum Gasteiger partial charge on any atom is -0.477 e. The first kappa shape index (κ1) is 13.1. The first-order chi connectivity index (χ1) is 5.84. The number of alkyl halides is 3. The molecule has 1 heterocycles. The second-order valence-corrected chi connectivity index (χ2v) is 3.07. The molecule has 0 aliphatic carbocycles. The van der Waals surface area contributed by atoms with E-state index in [9.17, 15) is 18.0 Å². The third-order valence-electron chi connectivity index (χ3n) is 1.33. The summed E-state index contributed by atoms with van der Waals surface area (Å²) in [5, 5.41) is 9.10. The molecule has 0 atom stereocenters. The van der Waals surface area contributed by atoms with Crippen LogP contribution in [0.2, 0.25) is 0 Å². The highest BCUT2D eigenvalue weighted by Gasteiger charge is 2.36. The molecular formula is C6H5ClF3NO2S. The Labute approximate surface area is 86.7 Å². The zero-order valence-corrected chi connectivity index (χ0v) is 8.09. The van der Waals surface area contributed by atoms with E-state index in [2.05, 4.69) is 0 Å². The number of hydrogen-bond acceptors (Lipinski definition) is 3. The minimum absolute atomic E-state index is 0. The average Bonchev–Trinajstić information content (AvgIpc) is 2.28. The van der Waals surface area contributed by atoms with E-state index in [1.165, 1.54) is 0 Å². The van der Waals surface area contributed by atoms with E-state index >= 15 is 0 Å². The third kappa shape index (κ3) is 2.30. The lowest BCUT2D eigenvalue weighted by Gasteiger charge is -2.04. The lowest BCUT2D eigenvalue weighted by molar-refractivity contribution is -0.136. The van der Waals surface area contributed by atoms with Gasteiger partial charge in [-0.05, 0) is 0 Å². The van der Waals surface area contributed by atoms with Crippen molar-refractivity contribution in [3.05, 3.63) is 15.8 Å². The van der Waals surface area contributed by atoms with Gasteiger partial charge in [0.1, 0.15) is 4.88 Å². The van der Waals surface area contributed by atoms with Crippen LogP contribution < -0.4 is 5.73 Å². The number of hydrogen-bond donors (Lipinski definition) is 2. The van der Waals surface area contributed by atoms with Crippen molar-refractivity contribution in [2.24, 2.45) is 0 Å². The molecule has 0 spiro atoms. The van der Waals surface area contributed by atoms with Gasteiger partial charge < -0.3 is 10.8 Å². The second-order valence-electron chi connectivity index (χ2n) is 2.20.